The Morgan fingerprint density at radius 3 is 3.07 bits per heavy atom. The Labute approximate surface area is 91.9 Å². The Morgan fingerprint density at radius 1 is 1.80 bits per heavy atom. The first-order valence-corrected chi connectivity index (χ1v) is 5.72. The highest BCUT2D eigenvalue weighted by atomic mass is 32.1. The number of aliphatic carboxylic acids is 1. The van der Waals surface area contributed by atoms with Crippen molar-refractivity contribution >= 4 is 17.3 Å². The molecule has 1 aliphatic rings. The topological polar surface area (TPSA) is 59.4 Å². The zero-order chi connectivity index (χ0) is 10.9. The van der Waals surface area contributed by atoms with Crippen molar-refractivity contribution in [2.24, 2.45) is 5.41 Å². The second-order valence-corrected chi connectivity index (χ2v) is 4.98. The Hall–Kier alpha value is -0.940. The van der Waals surface area contributed by atoms with E-state index in [1.54, 1.807) is 11.3 Å². The predicted molar refractivity (Wildman–Crippen MR) is 56.1 cm³/mol. The maximum atomic E-state index is 11.2. The summed E-state index contributed by atoms with van der Waals surface area (Å²) < 4.78 is 5.20. The molecule has 1 saturated heterocycles. The fourth-order valence-electron chi connectivity index (χ4n) is 1.83. The lowest BCUT2D eigenvalue weighted by molar-refractivity contribution is -0.148. The molecular weight excluding hydrogens is 214 g/mol. The van der Waals surface area contributed by atoms with Gasteiger partial charge in [0, 0.05) is 18.4 Å². The molecule has 0 amide bonds. The smallest absolute Gasteiger partial charge is 0.312 e. The van der Waals surface area contributed by atoms with Gasteiger partial charge < -0.3 is 9.84 Å². The van der Waals surface area contributed by atoms with E-state index in [1.807, 2.05) is 12.3 Å². The molecular formula is C10H13NO3S. The molecule has 5 heteroatoms. The SMILES string of the molecule is Cc1nc(CC2(C(=O)O)CCOC2)cs1. The lowest BCUT2D eigenvalue weighted by atomic mass is 9.83. The van der Waals surface area contributed by atoms with Gasteiger partial charge in [0.2, 0.25) is 0 Å². The van der Waals surface area contributed by atoms with Crippen molar-refractivity contribution in [1.29, 1.82) is 0 Å². The molecule has 82 valence electrons. The van der Waals surface area contributed by atoms with Gasteiger partial charge in [0.25, 0.3) is 0 Å². The normalized spacial score (nSPS) is 25.7. The van der Waals surface area contributed by atoms with Gasteiger partial charge in [-0.25, -0.2) is 4.98 Å². The van der Waals surface area contributed by atoms with Crippen LogP contribution in [0.2, 0.25) is 0 Å². The molecule has 1 atom stereocenters. The van der Waals surface area contributed by atoms with E-state index in [-0.39, 0.29) is 0 Å². The van der Waals surface area contributed by atoms with Crippen LogP contribution < -0.4 is 0 Å². The van der Waals surface area contributed by atoms with Crippen molar-refractivity contribution in [2.75, 3.05) is 13.2 Å². The molecule has 15 heavy (non-hydrogen) atoms. The standard InChI is InChI=1S/C10H13NO3S/c1-7-11-8(5-15-7)4-10(9(12)13)2-3-14-6-10/h5H,2-4,6H2,1H3,(H,12,13). The summed E-state index contributed by atoms with van der Waals surface area (Å²) in [6.45, 7) is 2.76. The molecule has 2 rings (SSSR count). The van der Waals surface area contributed by atoms with Crippen molar-refractivity contribution in [1.82, 2.24) is 4.98 Å². The minimum atomic E-state index is -0.773. The molecule has 1 unspecified atom stereocenters. The summed E-state index contributed by atoms with van der Waals surface area (Å²) in [5.41, 5.74) is 0.117. The number of rotatable bonds is 3. The summed E-state index contributed by atoms with van der Waals surface area (Å²) in [6.07, 6.45) is 1.06. The van der Waals surface area contributed by atoms with Gasteiger partial charge in [-0.3, -0.25) is 4.79 Å². The summed E-state index contributed by atoms with van der Waals surface area (Å²) in [4.78, 5) is 15.5. The predicted octanol–water partition coefficient (Wildman–Crippen LogP) is 1.49. The van der Waals surface area contributed by atoms with E-state index >= 15 is 0 Å². The summed E-state index contributed by atoms with van der Waals surface area (Å²) in [6, 6.07) is 0. The van der Waals surface area contributed by atoms with Crippen LogP contribution in [0.4, 0.5) is 0 Å². The number of nitrogens with zero attached hydrogens (tertiary/aromatic N) is 1. The van der Waals surface area contributed by atoms with Gasteiger partial charge in [-0.05, 0) is 13.3 Å². The maximum absolute atomic E-state index is 11.2. The third-order valence-corrected chi connectivity index (χ3v) is 3.57. The quantitative estimate of drug-likeness (QED) is 0.849. The van der Waals surface area contributed by atoms with Crippen LogP contribution in [0.1, 0.15) is 17.1 Å². The molecule has 1 N–H and O–H groups in total. The summed E-state index contributed by atoms with van der Waals surface area (Å²) in [5.74, 6) is -0.773. The highest BCUT2D eigenvalue weighted by molar-refractivity contribution is 7.09. The third-order valence-electron chi connectivity index (χ3n) is 2.74. The Balaban J connectivity index is 2.17. The van der Waals surface area contributed by atoms with E-state index in [0.717, 1.165) is 10.7 Å². The number of aryl methyl sites for hydroxylation is 1. The van der Waals surface area contributed by atoms with Gasteiger partial charge in [0.1, 0.15) is 0 Å². The van der Waals surface area contributed by atoms with Crippen LogP contribution in [0, 0.1) is 12.3 Å². The van der Waals surface area contributed by atoms with Crippen LogP contribution in [-0.4, -0.2) is 29.3 Å². The van der Waals surface area contributed by atoms with Crippen molar-refractivity contribution < 1.29 is 14.6 Å². The van der Waals surface area contributed by atoms with Crippen LogP contribution in [0.15, 0.2) is 5.38 Å². The van der Waals surface area contributed by atoms with Crippen molar-refractivity contribution in [2.45, 2.75) is 19.8 Å². The second-order valence-electron chi connectivity index (χ2n) is 3.92. The lowest BCUT2D eigenvalue weighted by Crippen LogP contribution is -2.33. The number of ether oxygens (including phenoxy) is 1. The van der Waals surface area contributed by atoms with Crippen molar-refractivity contribution in [3.05, 3.63) is 16.1 Å². The molecule has 1 aromatic heterocycles. The highest BCUT2D eigenvalue weighted by Crippen LogP contribution is 2.33. The molecule has 4 nitrogen and oxygen atoms in total. The molecule has 1 fully saturated rings. The van der Waals surface area contributed by atoms with Crippen LogP contribution in [0.3, 0.4) is 0 Å². The average molecular weight is 227 g/mol. The molecule has 0 bridgehead atoms. The van der Waals surface area contributed by atoms with Gasteiger partial charge in [-0.2, -0.15) is 0 Å². The number of hydrogen-bond acceptors (Lipinski definition) is 4. The number of carbonyl (C=O) groups is 1. The van der Waals surface area contributed by atoms with Crippen LogP contribution in [0.5, 0.6) is 0 Å². The maximum Gasteiger partial charge on any atom is 0.312 e. The third kappa shape index (κ3) is 2.03. The van der Waals surface area contributed by atoms with Gasteiger partial charge >= 0.3 is 5.97 Å². The van der Waals surface area contributed by atoms with Crippen molar-refractivity contribution in [3.8, 4) is 0 Å². The van der Waals surface area contributed by atoms with E-state index in [4.69, 9.17) is 4.74 Å². The molecule has 1 aliphatic heterocycles. The number of aromatic nitrogens is 1. The first-order chi connectivity index (χ1) is 7.12. The molecule has 1 aromatic rings. The van der Waals surface area contributed by atoms with Gasteiger partial charge in [0.05, 0.1) is 22.7 Å². The minimum Gasteiger partial charge on any atom is -0.481 e. The molecule has 2 heterocycles. The Morgan fingerprint density at radius 2 is 2.60 bits per heavy atom. The molecule has 0 aromatic carbocycles. The molecule has 0 spiro atoms. The zero-order valence-corrected chi connectivity index (χ0v) is 9.34. The van der Waals surface area contributed by atoms with Gasteiger partial charge in [0.15, 0.2) is 0 Å². The van der Waals surface area contributed by atoms with Crippen LogP contribution >= 0.6 is 11.3 Å². The molecule has 0 aliphatic carbocycles. The Kier molecular flexibility index (Phi) is 2.75. The fourth-order valence-corrected chi connectivity index (χ4v) is 2.44. The minimum absolute atomic E-state index is 0.304. The summed E-state index contributed by atoms with van der Waals surface area (Å²) in [5, 5.41) is 12.1. The molecule has 0 saturated carbocycles. The van der Waals surface area contributed by atoms with Crippen molar-refractivity contribution in [3.63, 3.8) is 0 Å². The Bertz CT molecular complexity index is 368. The summed E-state index contributed by atoms with van der Waals surface area (Å²) in [7, 11) is 0. The summed E-state index contributed by atoms with van der Waals surface area (Å²) >= 11 is 1.55. The number of carboxylic acids is 1. The number of carboxylic acid groups (broad SMARTS) is 1. The van der Waals surface area contributed by atoms with E-state index in [1.165, 1.54) is 0 Å². The number of thiazole rings is 1. The van der Waals surface area contributed by atoms with Crippen LogP contribution in [0.25, 0.3) is 0 Å². The highest BCUT2D eigenvalue weighted by Gasteiger charge is 2.43. The first-order valence-electron chi connectivity index (χ1n) is 4.85. The molecule has 0 radical (unpaired) electrons. The fraction of sp³-hybridized carbons (Fsp3) is 0.600. The second kappa shape index (κ2) is 3.90. The lowest BCUT2D eigenvalue weighted by Gasteiger charge is -2.20. The first kappa shape index (κ1) is 10.6. The van der Waals surface area contributed by atoms with Crippen LogP contribution in [-0.2, 0) is 16.0 Å². The zero-order valence-electron chi connectivity index (χ0n) is 8.52. The van der Waals surface area contributed by atoms with Gasteiger partial charge in [-0.1, -0.05) is 0 Å². The number of hydrogen-bond donors (Lipinski definition) is 1. The van der Waals surface area contributed by atoms with E-state index in [0.29, 0.717) is 26.1 Å². The van der Waals surface area contributed by atoms with E-state index in [9.17, 15) is 9.90 Å². The van der Waals surface area contributed by atoms with E-state index < -0.39 is 11.4 Å². The largest absolute Gasteiger partial charge is 0.481 e. The van der Waals surface area contributed by atoms with E-state index in [2.05, 4.69) is 4.98 Å². The monoisotopic (exact) mass is 227 g/mol. The van der Waals surface area contributed by atoms with Gasteiger partial charge in [-0.15, -0.1) is 11.3 Å². The average Bonchev–Trinajstić information content (AvgIpc) is 2.77.